The van der Waals surface area contributed by atoms with Gasteiger partial charge in [0.1, 0.15) is 11.5 Å². The Bertz CT molecular complexity index is 1470. The van der Waals surface area contributed by atoms with Gasteiger partial charge in [-0.1, -0.05) is 52.0 Å². The molecule has 0 spiro atoms. The summed E-state index contributed by atoms with van der Waals surface area (Å²) >= 11 is 0. The summed E-state index contributed by atoms with van der Waals surface area (Å²) in [7, 11) is 0. The van der Waals surface area contributed by atoms with Gasteiger partial charge in [-0.05, 0) is 12.1 Å². The van der Waals surface area contributed by atoms with Crippen molar-refractivity contribution in [2.75, 3.05) is 10.6 Å². The SMILES string of the molecule is CCC1(CC)Nc2cnc(C3C(O)C(c4ncc5c6c(cccc46)OC(CC)(CC)N5)C3O)c3cccc(c23)O1. The van der Waals surface area contributed by atoms with Gasteiger partial charge in [0.05, 0.1) is 70.0 Å². The second kappa shape index (κ2) is 8.94. The Hall–Kier alpha value is -3.62. The topological polar surface area (TPSA) is 109 Å². The zero-order chi connectivity index (χ0) is 27.8. The molecule has 2 aromatic heterocycles. The van der Waals surface area contributed by atoms with Crippen molar-refractivity contribution < 1.29 is 19.7 Å². The summed E-state index contributed by atoms with van der Waals surface area (Å²) in [6.07, 6.45) is 5.16. The van der Waals surface area contributed by atoms with Gasteiger partial charge in [0.25, 0.3) is 0 Å². The highest BCUT2D eigenvalue weighted by molar-refractivity contribution is 6.02. The van der Waals surface area contributed by atoms with Gasteiger partial charge in [-0.25, -0.2) is 0 Å². The summed E-state index contributed by atoms with van der Waals surface area (Å²) in [5.74, 6) is 0.499. The minimum Gasteiger partial charge on any atom is -0.467 e. The third kappa shape index (κ3) is 3.38. The van der Waals surface area contributed by atoms with E-state index in [1.165, 1.54) is 0 Å². The summed E-state index contributed by atoms with van der Waals surface area (Å²) < 4.78 is 12.9. The molecule has 208 valence electrons. The van der Waals surface area contributed by atoms with Crippen molar-refractivity contribution in [3.05, 3.63) is 60.2 Å². The minimum absolute atomic E-state index is 0.474. The van der Waals surface area contributed by atoms with Crippen LogP contribution >= 0.6 is 0 Å². The molecule has 4 aromatic rings. The van der Waals surface area contributed by atoms with Gasteiger partial charge in [-0.2, -0.15) is 0 Å². The Morgan fingerprint density at radius 2 is 1.07 bits per heavy atom. The van der Waals surface area contributed by atoms with Crippen LogP contribution in [0.15, 0.2) is 48.8 Å². The van der Waals surface area contributed by atoms with Crippen LogP contribution in [0.3, 0.4) is 0 Å². The van der Waals surface area contributed by atoms with Crippen LogP contribution < -0.4 is 20.1 Å². The smallest absolute Gasteiger partial charge is 0.180 e. The van der Waals surface area contributed by atoms with E-state index in [1.807, 2.05) is 48.8 Å². The molecule has 1 aliphatic carbocycles. The van der Waals surface area contributed by atoms with E-state index in [4.69, 9.17) is 19.4 Å². The lowest BCUT2D eigenvalue weighted by molar-refractivity contribution is -0.0803. The van der Waals surface area contributed by atoms with Crippen molar-refractivity contribution >= 4 is 32.9 Å². The molecule has 8 heteroatoms. The van der Waals surface area contributed by atoms with Gasteiger partial charge in [-0.15, -0.1) is 0 Å². The molecule has 3 aliphatic rings. The van der Waals surface area contributed by atoms with Crippen LogP contribution in [-0.2, 0) is 0 Å². The van der Waals surface area contributed by atoms with E-state index in [0.717, 1.165) is 70.1 Å². The van der Waals surface area contributed by atoms with Crippen LogP contribution in [0.1, 0.15) is 76.6 Å². The fraction of sp³-hybridized carbons (Fsp3) is 0.438. The van der Waals surface area contributed by atoms with Crippen LogP contribution in [0.4, 0.5) is 11.4 Å². The van der Waals surface area contributed by atoms with Crippen LogP contribution in [0, 0.1) is 0 Å². The third-order valence-electron chi connectivity index (χ3n) is 9.53. The number of benzene rings is 2. The Labute approximate surface area is 233 Å². The monoisotopic (exact) mass is 540 g/mol. The average Bonchev–Trinajstić information content (AvgIpc) is 2.99. The molecular weight excluding hydrogens is 504 g/mol. The van der Waals surface area contributed by atoms with Crippen molar-refractivity contribution in [2.45, 2.75) is 88.9 Å². The second-order valence-electron chi connectivity index (χ2n) is 11.4. The Morgan fingerprint density at radius 1 is 0.675 bits per heavy atom. The number of pyridine rings is 2. The predicted molar refractivity (Wildman–Crippen MR) is 156 cm³/mol. The Kier molecular flexibility index (Phi) is 5.67. The first-order valence-electron chi connectivity index (χ1n) is 14.5. The lowest BCUT2D eigenvalue weighted by Crippen LogP contribution is -2.52. The Morgan fingerprint density at radius 3 is 1.45 bits per heavy atom. The lowest BCUT2D eigenvalue weighted by atomic mass is 9.64. The fourth-order valence-electron chi connectivity index (χ4n) is 6.93. The van der Waals surface area contributed by atoms with E-state index in [1.54, 1.807) is 0 Å². The van der Waals surface area contributed by atoms with Gasteiger partial charge < -0.3 is 30.3 Å². The number of rotatable bonds is 6. The number of ether oxygens (including phenoxy) is 2. The largest absolute Gasteiger partial charge is 0.467 e. The summed E-state index contributed by atoms with van der Waals surface area (Å²) in [4.78, 5) is 9.59. The van der Waals surface area contributed by atoms with E-state index >= 15 is 0 Å². The van der Waals surface area contributed by atoms with Crippen LogP contribution in [0.5, 0.6) is 11.5 Å². The molecule has 4 heterocycles. The van der Waals surface area contributed by atoms with Crippen LogP contribution in [0.2, 0.25) is 0 Å². The van der Waals surface area contributed by atoms with Crippen molar-refractivity contribution in [1.82, 2.24) is 9.97 Å². The van der Waals surface area contributed by atoms with Gasteiger partial charge in [0.15, 0.2) is 11.4 Å². The first-order chi connectivity index (χ1) is 19.4. The summed E-state index contributed by atoms with van der Waals surface area (Å²) in [6.45, 7) is 8.42. The van der Waals surface area contributed by atoms with Crippen LogP contribution in [0.25, 0.3) is 21.5 Å². The van der Waals surface area contributed by atoms with Crippen molar-refractivity contribution in [2.24, 2.45) is 0 Å². The molecule has 0 bridgehead atoms. The van der Waals surface area contributed by atoms with Crippen molar-refractivity contribution in [1.29, 1.82) is 0 Å². The number of hydrogen-bond acceptors (Lipinski definition) is 8. The molecule has 1 saturated carbocycles. The molecule has 2 aromatic carbocycles. The van der Waals surface area contributed by atoms with Gasteiger partial charge in [0.2, 0.25) is 0 Å². The molecule has 0 saturated heterocycles. The van der Waals surface area contributed by atoms with E-state index in [9.17, 15) is 10.2 Å². The molecule has 7 rings (SSSR count). The normalized spacial score (nSPS) is 25.4. The zero-order valence-electron chi connectivity index (χ0n) is 23.4. The number of aliphatic hydroxyl groups excluding tert-OH is 2. The fourth-order valence-corrected chi connectivity index (χ4v) is 6.93. The maximum atomic E-state index is 11.6. The Balaban J connectivity index is 1.26. The van der Waals surface area contributed by atoms with Gasteiger partial charge in [0, 0.05) is 36.5 Å². The summed E-state index contributed by atoms with van der Waals surface area (Å²) in [6, 6.07) is 11.9. The van der Waals surface area contributed by atoms with Gasteiger partial charge in [-0.3, -0.25) is 9.97 Å². The number of nitrogens with one attached hydrogen (secondary N) is 2. The van der Waals surface area contributed by atoms with Crippen LogP contribution in [-0.4, -0.2) is 43.8 Å². The molecule has 1 fully saturated rings. The number of hydrogen-bond donors (Lipinski definition) is 4. The van der Waals surface area contributed by atoms with E-state index in [-0.39, 0.29) is 0 Å². The van der Waals surface area contributed by atoms with Crippen molar-refractivity contribution in [3.8, 4) is 11.5 Å². The summed E-state index contributed by atoms with van der Waals surface area (Å²) in [5, 5.41) is 33.9. The molecular formula is C32H36N4O4. The standard InChI is InChI=1S/C32H36N4O4/c1-5-31(6-2)35-19-15-33-27(17-11-9-13-21(39-31)23(17)19)25-29(37)26(30(25)38)28-18-12-10-14-22-24(18)20(16-34-28)36-32(7-3,8-4)40-22/h9-16,25-26,29-30,35-38H,5-8H2,1-4H3. The number of aromatic nitrogens is 2. The number of anilines is 2. The quantitative estimate of drug-likeness (QED) is 0.235. The van der Waals surface area contributed by atoms with Crippen molar-refractivity contribution in [3.63, 3.8) is 0 Å². The molecule has 0 unspecified atom stereocenters. The highest BCUT2D eigenvalue weighted by atomic mass is 16.5. The van der Waals surface area contributed by atoms with E-state index in [2.05, 4.69) is 38.3 Å². The lowest BCUT2D eigenvalue weighted by Gasteiger charge is -2.47. The second-order valence-corrected chi connectivity index (χ2v) is 11.4. The molecule has 4 N–H and O–H groups in total. The van der Waals surface area contributed by atoms with E-state index in [0.29, 0.717) is 11.4 Å². The maximum absolute atomic E-state index is 11.6. The molecule has 0 atom stereocenters. The number of aliphatic hydroxyl groups is 2. The molecule has 8 nitrogen and oxygen atoms in total. The first kappa shape index (κ1) is 25.4. The number of nitrogens with zero attached hydrogens (tertiary/aromatic N) is 2. The zero-order valence-corrected chi connectivity index (χ0v) is 23.4. The third-order valence-corrected chi connectivity index (χ3v) is 9.53. The maximum Gasteiger partial charge on any atom is 0.180 e. The molecule has 0 radical (unpaired) electrons. The minimum atomic E-state index is -0.852. The van der Waals surface area contributed by atoms with Gasteiger partial charge >= 0.3 is 0 Å². The summed E-state index contributed by atoms with van der Waals surface area (Å²) in [5.41, 5.74) is 2.22. The first-order valence-corrected chi connectivity index (χ1v) is 14.5. The average molecular weight is 541 g/mol. The highest BCUT2D eigenvalue weighted by Crippen LogP contribution is 2.53. The molecule has 40 heavy (non-hydrogen) atoms. The van der Waals surface area contributed by atoms with E-state index < -0.39 is 35.5 Å². The predicted octanol–water partition coefficient (Wildman–Crippen LogP) is 6.03. The highest BCUT2D eigenvalue weighted by Gasteiger charge is 2.53. The molecule has 0 amide bonds. The molecule has 2 aliphatic heterocycles.